The van der Waals surface area contributed by atoms with Gasteiger partial charge >= 0.3 is 0 Å². The van der Waals surface area contributed by atoms with Crippen molar-refractivity contribution in [2.24, 2.45) is 0 Å². The van der Waals surface area contributed by atoms with Crippen LogP contribution in [-0.2, 0) is 0 Å². The van der Waals surface area contributed by atoms with E-state index in [9.17, 15) is 0 Å². The summed E-state index contributed by atoms with van der Waals surface area (Å²) < 4.78 is 0. The topological polar surface area (TPSA) is 25.8 Å². The van der Waals surface area contributed by atoms with Crippen molar-refractivity contribution in [3.8, 4) is 11.3 Å². The maximum Gasteiger partial charge on any atom is 0.155 e. The highest BCUT2D eigenvalue weighted by molar-refractivity contribution is 6.30. The van der Waals surface area contributed by atoms with Gasteiger partial charge in [0, 0.05) is 5.56 Å². The lowest BCUT2D eigenvalue weighted by Gasteiger charge is -2.08. The molecule has 1 aromatic carbocycles. The fourth-order valence-electron chi connectivity index (χ4n) is 1.55. The van der Waals surface area contributed by atoms with Crippen LogP contribution in [0, 0.1) is 0 Å². The Hall–Kier alpha value is -1.41. The van der Waals surface area contributed by atoms with Gasteiger partial charge in [-0.15, -0.1) is 10.2 Å². The number of aromatic nitrogens is 2. The van der Waals surface area contributed by atoms with E-state index in [4.69, 9.17) is 11.6 Å². The highest BCUT2D eigenvalue weighted by Gasteiger charge is 2.09. The van der Waals surface area contributed by atoms with Crippen LogP contribution in [-0.4, -0.2) is 10.2 Å². The van der Waals surface area contributed by atoms with Gasteiger partial charge < -0.3 is 0 Å². The molecule has 0 fully saturated rings. The standard InChI is InChI=1S/C13H13ClN2/c1-9(2)11-8-12(15-16-13(11)14)10-6-4-3-5-7-10/h3-9H,1-2H3. The number of halogens is 1. The van der Waals surface area contributed by atoms with Crippen LogP contribution in [0.5, 0.6) is 0 Å². The van der Waals surface area contributed by atoms with Crippen molar-refractivity contribution in [2.45, 2.75) is 19.8 Å². The normalized spacial score (nSPS) is 10.8. The van der Waals surface area contributed by atoms with E-state index < -0.39 is 0 Å². The molecule has 82 valence electrons. The Morgan fingerprint density at radius 2 is 1.75 bits per heavy atom. The molecule has 3 heteroatoms. The summed E-state index contributed by atoms with van der Waals surface area (Å²) >= 11 is 6.01. The molecule has 2 nitrogen and oxygen atoms in total. The van der Waals surface area contributed by atoms with Crippen LogP contribution in [0.25, 0.3) is 11.3 Å². The predicted octanol–water partition coefficient (Wildman–Crippen LogP) is 3.92. The second-order valence-electron chi connectivity index (χ2n) is 4.00. The lowest BCUT2D eigenvalue weighted by atomic mass is 10.0. The van der Waals surface area contributed by atoms with E-state index in [0.717, 1.165) is 16.8 Å². The molecule has 0 saturated carbocycles. The highest BCUT2D eigenvalue weighted by atomic mass is 35.5. The number of hydrogen-bond donors (Lipinski definition) is 0. The lowest BCUT2D eigenvalue weighted by Crippen LogP contribution is -1.96. The van der Waals surface area contributed by atoms with Gasteiger partial charge in [0.25, 0.3) is 0 Å². The fraction of sp³-hybridized carbons (Fsp3) is 0.231. The van der Waals surface area contributed by atoms with Crippen LogP contribution in [0.15, 0.2) is 36.4 Å². The minimum atomic E-state index is 0.352. The van der Waals surface area contributed by atoms with Gasteiger partial charge in [0.15, 0.2) is 5.15 Å². The van der Waals surface area contributed by atoms with E-state index in [2.05, 4.69) is 24.0 Å². The summed E-state index contributed by atoms with van der Waals surface area (Å²) in [6.07, 6.45) is 0. The number of nitrogens with zero attached hydrogens (tertiary/aromatic N) is 2. The molecule has 0 aliphatic heterocycles. The maximum atomic E-state index is 6.01. The van der Waals surface area contributed by atoms with Crippen molar-refractivity contribution >= 4 is 11.6 Å². The molecule has 0 amide bonds. The third-order valence-corrected chi connectivity index (χ3v) is 2.76. The summed E-state index contributed by atoms with van der Waals surface area (Å²) in [6.45, 7) is 4.19. The van der Waals surface area contributed by atoms with Crippen LogP contribution in [0.2, 0.25) is 5.15 Å². The lowest BCUT2D eigenvalue weighted by molar-refractivity contribution is 0.843. The van der Waals surface area contributed by atoms with Crippen LogP contribution in [0.1, 0.15) is 25.3 Å². The van der Waals surface area contributed by atoms with Crippen molar-refractivity contribution in [3.63, 3.8) is 0 Å². The number of rotatable bonds is 2. The Labute approximate surface area is 100 Å². The third kappa shape index (κ3) is 2.22. The van der Waals surface area contributed by atoms with Gasteiger partial charge in [-0.2, -0.15) is 0 Å². The van der Waals surface area contributed by atoms with Gasteiger partial charge in [-0.25, -0.2) is 0 Å². The molecule has 0 aliphatic rings. The van der Waals surface area contributed by atoms with Crippen molar-refractivity contribution < 1.29 is 0 Å². The van der Waals surface area contributed by atoms with Crippen LogP contribution in [0.3, 0.4) is 0 Å². The molecule has 0 aliphatic carbocycles. The fourth-order valence-corrected chi connectivity index (χ4v) is 1.86. The summed E-state index contributed by atoms with van der Waals surface area (Å²) in [4.78, 5) is 0. The van der Waals surface area contributed by atoms with E-state index in [1.807, 2.05) is 36.4 Å². The van der Waals surface area contributed by atoms with Gasteiger partial charge in [0.1, 0.15) is 0 Å². The average Bonchev–Trinajstić information content (AvgIpc) is 2.30. The van der Waals surface area contributed by atoms with E-state index >= 15 is 0 Å². The van der Waals surface area contributed by atoms with E-state index in [-0.39, 0.29) is 0 Å². The second kappa shape index (κ2) is 4.62. The quantitative estimate of drug-likeness (QED) is 0.784. The molecule has 0 atom stereocenters. The minimum Gasteiger partial charge on any atom is -0.149 e. The summed E-state index contributed by atoms with van der Waals surface area (Å²) in [5, 5.41) is 8.60. The Morgan fingerprint density at radius 1 is 1.06 bits per heavy atom. The molecule has 0 radical (unpaired) electrons. The predicted molar refractivity (Wildman–Crippen MR) is 66.6 cm³/mol. The summed E-state index contributed by atoms with van der Waals surface area (Å²) in [7, 11) is 0. The van der Waals surface area contributed by atoms with Crippen molar-refractivity contribution in [1.29, 1.82) is 0 Å². The number of benzene rings is 1. The molecule has 0 saturated heterocycles. The van der Waals surface area contributed by atoms with Gasteiger partial charge in [0.05, 0.1) is 5.69 Å². The smallest absolute Gasteiger partial charge is 0.149 e. The summed E-state index contributed by atoms with van der Waals surface area (Å²) in [5.74, 6) is 0.352. The van der Waals surface area contributed by atoms with Crippen LogP contribution >= 0.6 is 11.6 Å². The highest BCUT2D eigenvalue weighted by Crippen LogP contribution is 2.25. The third-order valence-electron chi connectivity index (χ3n) is 2.47. The van der Waals surface area contributed by atoms with Gasteiger partial charge in [-0.3, -0.25) is 0 Å². The Morgan fingerprint density at radius 3 is 2.38 bits per heavy atom. The first-order chi connectivity index (χ1) is 7.68. The van der Waals surface area contributed by atoms with Gasteiger partial charge in [-0.1, -0.05) is 55.8 Å². The van der Waals surface area contributed by atoms with Gasteiger partial charge in [-0.05, 0) is 17.5 Å². The SMILES string of the molecule is CC(C)c1cc(-c2ccccc2)nnc1Cl. The van der Waals surface area contributed by atoms with Crippen LogP contribution < -0.4 is 0 Å². The first-order valence-corrected chi connectivity index (χ1v) is 5.65. The summed E-state index contributed by atoms with van der Waals surface area (Å²) in [6, 6.07) is 12.0. The minimum absolute atomic E-state index is 0.352. The van der Waals surface area contributed by atoms with Crippen molar-refractivity contribution in [3.05, 3.63) is 47.1 Å². The summed E-state index contributed by atoms with van der Waals surface area (Å²) in [5.41, 5.74) is 2.97. The van der Waals surface area contributed by atoms with Crippen molar-refractivity contribution in [2.75, 3.05) is 0 Å². The molecule has 1 heterocycles. The molecule has 0 N–H and O–H groups in total. The zero-order valence-corrected chi connectivity index (χ0v) is 10.1. The molecule has 2 rings (SSSR count). The molecule has 0 unspecified atom stereocenters. The molecular formula is C13H13ClN2. The number of hydrogen-bond acceptors (Lipinski definition) is 2. The monoisotopic (exact) mass is 232 g/mol. The van der Waals surface area contributed by atoms with Crippen LogP contribution in [0.4, 0.5) is 0 Å². The maximum absolute atomic E-state index is 6.01. The van der Waals surface area contributed by atoms with E-state index in [1.165, 1.54) is 0 Å². The Balaban J connectivity index is 2.48. The molecule has 16 heavy (non-hydrogen) atoms. The van der Waals surface area contributed by atoms with Gasteiger partial charge in [0.2, 0.25) is 0 Å². The van der Waals surface area contributed by atoms with Crippen molar-refractivity contribution in [1.82, 2.24) is 10.2 Å². The van der Waals surface area contributed by atoms with E-state index in [0.29, 0.717) is 11.1 Å². The largest absolute Gasteiger partial charge is 0.155 e. The Kier molecular flexibility index (Phi) is 3.20. The molecule has 0 spiro atoms. The Bertz CT molecular complexity index is 481. The average molecular weight is 233 g/mol. The first-order valence-electron chi connectivity index (χ1n) is 5.27. The van der Waals surface area contributed by atoms with E-state index in [1.54, 1.807) is 0 Å². The zero-order chi connectivity index (χ0) is 11.5. The zero-order valence-electron chi connectivity index (χ0n) is 9.31. The molecule has 0 bridgehead atoms. The molecular weight excluding hydrogens is 220 g/mol. The molecule has 1 aromatic heterocycles. The molecule has 2 aromatic rings. The second-order valence-corrected chi connectivity index (χ2v) is 4.35. The first kappa shape index (κ1) is 11.1.